The Morgan fingerprint density at radius 3 is 2.71 bits per heavy atom. The van der Waals surface area contributed by atoms with Gasteiger partial charge < -0.3 is 15.2 Å². The highest BCUT2D eigenvalue weighted by atomic mass is 79.9. The Labute approximate surface area is 129 Å². The zero-order valence-electron chi connectivity index (χ0n) is 11.0. The van der Waals surface area contributed by atoms with Crippen molar-refractivity contribution in [1.29, 1.82) is 0 Å². The first-order valence-electron chi connectivity index (χ1n) is 6.17. The molecule has 6 heteroatoms. The zero-order valence-corrected chi connectivity index (χ0v) is 12.6. The number of halogens is 2. The van der Waals surface area contributed by atoms with Gasteiger partial charge in [0.2, 0.25) is 0 Å². The molecule has 0 aromatic heterocycles. The molecule has 0 aliphatic rings. The molecule has 0 spiro atoms. The van der Waals surface area contributed by atoms with Crippen LogP contribution in [0.4, 0.5) is 9.18 Å². The third-order valence-corrected chi connectivity index (χ3v) is 3.37. The first-order valence-corrected chi connectivity index (χ1v) is 6.97. The second-order valence-corrected chi connectivity index (χ2v) is 5.16. The molecule has 0 fully saturated rings. The number of hydrogen-bond acceptors (Lipinski definition) is 3. The fourth-order valence-electron chi connectivity index (χ4n) is 1.66. The first-order chi connectivity index (χ1) is 10.1. The van der Waals surface area contributed by atoms with Crippen LogP contribution in [0.2, 0.25) is 0 Å². The quantitative estimate of drug-likeness (QED) is 0.880. The predicted molar refractivity (Wildman–Crippen MR) is 79.2 cm³/mol. The molecule has 2 N–H and O–H groups in total. The lowest BCUT2D eigenvalue weighted by Gasteiger charge is -2.09. The standard InChI is InChI=1S/C15H13BrFNO3/c16-12-6-11(14(19)7-13(12)17)8-18-15(20)21-9-10-4-2-1-3-5-10/h1-7,19H,8-9H2,(H,18,20). The molecule has 0 unspecified atom stereocenters. The summed E-state index contributed by atoms with van der Waals surface area (Å²) in [5.41, 5.74) is 1.26. The molecule has 0 bridgehead atoms. The van der Waals surface area contributed by atoms with Crippen LogP contribution in [0, 0.1) is 5.82 Å². The lowest BCUT2D eigenvalue weighted by molar-refractivity contribution is 0.139. The summed E-state index contributed by atoms with van der Waals surface area (Å²) in [5.74, 6) is -0.790. The summed E-state index contributed by atoms with van der Waals surface area (Å²) in [6.07, 6.45) is -0.612. The summed E-state index contributed by atoms with van der Waals surface area (Å²) in [6, 6.07) is 11.7. The van der Waals surface area contributed by atoms with E-state index in [0.29, 0.717) is 5.56 Å². The largest absolute Gasteiger partial charge is 0.507 e. The van der Waals surface area contributed by atoms with Crippen LogP contribution in [-0.4, -0.2) is 11.2 Å². The molecule has 0 radical (unpaired) electrons. The minimum Gasteiger partial charge on any atom is -0.507 e. The molecular formula is C15H13BrFNO3. The number of phenolic OH excluding ortho intramolecular Hbond substituents is 1. The van der Waals surface area contributed by atoms with E-state index in [4.69, 9.17) is 4.74 Å². The van der Waals surface area contributed by atoms with Crippen molar-refractivity contribution in [1.82, 2.24) is 5.32 Å². The van der Waals surface area contributed by atoms with Crippen LogP contribution in [-0.2, 0) is 17.9 Å². The third-order valence-electron chi connectivity index (χ3n) is 2.76. The highest BCUT2D eigenvalue weighted by molar-refractivity contribution is 9.10. The molecule has 2 aromatic carbocycles. The Kier molecular flexibility index (Phi) is 5.16. The van der Waals surface area contributed by atoms with Crippen LogP contribution in [0.1, 0.15) is 11.1 Å². The minimum absolute atomic E-state index is 0.0400. The van der Waals surface area contributed by atoms with Gasteiger partial charge in [-0.2, -0.15) is 0 Å². The summed E-state index contributed by atoms with van der Waals surface area (Å²) in [4.78, 5) is 11.6. The maximum absolute atomic E-state index is 13.1. The van der Waals surface area contributed by atoms with E-state index >= 15 is 0 Å². The third kappa shape index (κ3) is 4.46. The molecule has 110 valence electrons. The van der Waals surface area contributed by atoms with E-state index in [9.17, 15) is 14.3 Å². The Bertz CT molecular complexity index is 634. The van der Waals surface area contributed by atoms with Crippen molar-refractivity contribution in [3.63, 3.8) is 0 Å². The number of nitrogens with one attached hydrogen (secondary N) is 1. The van der Waals surface area contributed by atoms with Gasteiger partial charge >= 0.3 is 6.09 Å². The number of alkyl carbamates (subject to hydrolysis) is 1. The maximum Gasteiger partial charge on any atom is 0.407 e. The number of amides is 1. The SMILES string of the molecule is O=C(NCc1cc(Br)c(F)cc1O)OCc1ccccc1. The zero-order chi connectivity index (χ0) is 15.2. The second kappa shape index (κ2) is 7.08. The fourth-order valence-corrected chi connectivity index (χ4v) is 2.05. The van der Waals surface area contributed by atoms with Gasteiger partial charge in [-0.05, 0) is 27.6 Å². The van der Waals surface area contributed by atoms with Gasteiger partial charge in [0.1, 0.15) is 18.2 Å². The highest BCUT2D eigenvalue weighted by Gasteiger charge is 2.09. The molecule has 0 atom stereocenters. The molecule has 2 aromatic rings. The van der Waals surface area contributed by atoms with Gasteiger partial charge in [-0.3, -0.25) is 0 Å². The summed E-state index contributed by atoms with van der Waals surface area (Å²) in [7, 11) is 0. The molecule has 0 saturated heterocycles. The minimum atomic E-state index is -0.612. The van der Waals surface area contributed by atoms with Crippen molar-refractivity contribution in [2.45, 2.75) is 13.2 Å². The lowest BCUT2D eigenvalue weighted by Crippen LogP contribution is -2.23. The molecule has 1 amide bonds. The Hall–Kier alpha value is -2.08. The van der Waals surface area contributed by atoms with Gasteiger partial charge in [0.05, 0.1) is 4.47 Å². The van der Waals surface area contributed by atoms with Crippen LogP contribution in [0.3, 0.4) is 0 Å². The number of hydrogen-bond donors (Lipinski definition) is 2. The van der Waals surface area contributed by atoms with Gasteiger partial charge in [0.25, 0.3) is 0 Å². The number of phenols is 1. The van der Waals surface area contributed by atoms with Gasteiger partial charge in [0, 0.05) is 18.2 Å². The van der Waals surface area contributed by atoms with E-state index < -0.39 is 11.9 Å². The molecular weight excluding hydrogens is 341 g/mol. The molecule has 0 saturated carbocycles. The topological polar surface area (TPSA) is 58.6 Å². The first kappa shape index (κ1) is 15.3. The molecule has 21 heavy (non-hydrogen) atoms. The van der Waals surface area contributed by atoms with Crippen LogP contribution in [0.5, 0.6) is 5.75 Å². The van der Waals surface area contributed by atoms with Crippen LogP contribution in [0.25, 0.3) is 0 Å². The van der Waals surface area contributed by atoms with E-state index in [1.165, 1.54) is 6.07 Å². The number of ether oxygens (including phenoxy) is 1. The van der Waals surface area contributed by atoms with Crippen LogP contribution in [0.15, 0.2) is 46.9 Å². The molecule has 0 aliphatic carbocycles. The van der Waals surface area contributed by atoms with E-state index in [1.807, 2.05) is 30.3 Å². The Morgan fingerprint density at radius 1 is 1.29 bits per heavy atom. The van der Waals surface area contributed by atoms with E-state index in [2.05, 4.69) is 21.2 Å². The van der Waals surface area contributed by atoms with E-state index in [1.54, 1.807) is 0 Å². The predicted octanol–water partition coefficient (Wildman–Crippen LogP) is 3.72. The number of carbonyl (C=O) groups is 1. The molecule has 2 rings (SSSR count). The van der Waals surface area contributed by atoms with Crippen LogP contribution < -0.4 is 5.32 Å². The number of rotatable bonds is 4. The van der Waals surface area contributed by atoms with Gasteiger partial charge in [0.15, 0.2) is 0 Å². The highest BCUT2D eigenvalue weighted by Crippen LogP contribution is 2.25. The molecule has 4 nitrogen and oxygen atoms in total. The summed E-state index contributed by atoms with van der Waals surface area (Å²) >= 11 is 3.02. The number of carbonyl (C=O) groups excluding carboxylic acids is 1. The van der Waals surface area contributed by atoms with Crippen LogP contribution >= 0.6 is 15.9 Å². The van der Waals surface area contributed by atoms with Gasteiger partial charge in [-0.1, -0.05) is 30.3 Å². The van der Waals surface area contributed by atoms with Gasteiger partial charge in [-0.25, -0.2) is 9.18 Å². The second-order valence-electron chi connectivity index (χ2n) is 4.31. The molecule has 0 heterocycles. The van der Waals surface area contributed by atoms with Crippen molar-refractivity contribution in [2.24, 2.45) is 0 Å². The summed E-state index contributed by atoms with van der Waals surface area (Å²) in [6.45, 7) is 0.199. The average molecular weight is 354 g/mol. The Balaban J connectivity index is 1.85. The smallest absolute Gasteiger partial charge is 0.407 e. The van der Waals surface area contributed by atoms with Crippen molar-refractivity contribution in [2.75, 3.05) is 0 Å². The van der Waals surface area contributed by atoms with Crippen molar-refractivity contribution in [3.05, 3.63) is 63.9 Å². The Morgan fingerprint density at radius 2 is 2.00 bits per heavy atom. The van der Waals surface area contributed by atoms with E-state index in [0.717, 1.165) is 11.6 Å². The number of aromatic hydroxyl groups is 1. The maximum atomic E-state index is 13.1. The summed E-state index contributed by atoms with van der Waals surface area (Å²) < 4.78 is 18.4. The monoisotopic (exact) mass is 353 g/mol. The normalized spacial score (nSPS) is 10.2. The van der Waals surface area contributed by atoms with Crippen molar-refractivity contribution < 1.29 is 19.0 Å². The average Bonchev–Trinajstić information content (AvgIpc) is 2.48. The number of benzene rings is 2. The fraction of sp³-hybridized carbons (Fsp3) is 0.133. The lowest BCUT2D eigenvalue weighted by atomic mass is 10.2. The molecule has 0 aliphatic heterocycles. The van der Waals surface area contributed by atoms with Gasteiger partial charge in [-0.15, -0.1) is 0 Å². The van der Waals surface area contributed by atoms with Crippen molar-refractivity contribution >= 4 is 22.0 Å². The van der Waals surface area contributed by atoms with E-state index in [-0.39, 0.29) is 23.4 Å². The van der Waals surface area contributed by atoms with Crippen molar-refractivity contribution in [3.8, 4) is 5.75 Å². The summed E-state index contributed by atoms with van der Waals surface area (Å²) in [5, 5.41) is 12.1.